The third kappa shape index (κ3) is 4.64. The minimum Gasteiger partial charge on any atom is -0.374 e. The van der Waals surface area contributed by atoms with E-state index in [9.17, 15) is 0 Å². The largest absolute Gasteiger partial charge is 0.374 e. The van der Waals surface area contributed by atoms with Crippen molar-refractivity contribution in [2.75, 3.05) is 13.2 Å². The normalized spacial score (nSPS) is 13.2. The second-order valence-electron chi connectivity index (χ2n) is 3.78. The Morgan fingerprint density at radius 1 is 1.36 bits per heavy atom. The lowest BCUT2D eigenvalue weighted by atomic mass is 9.95. The summed E-state index contributed by atoms with van der Waals surface area (Å²) >= 11 is 0. The van der Waals surface area contributed by atoms with Crippen LogP contribution in [0.3, 0.4) is 0 Å². The molecule has 1 atom stereocenters. The Bertz CT molecular complexity index is 200. The average molecular weight is 197 g/mol. The van der Waals surface area contributed by atoms with Gasteiger partial charge in [0.25, 0.3) is 0 Å². The van der Waals surface area contributed by atoms with Gasteiger partial charge < -0.3 is 10.1 Å². The average Bonchev–Trinajstić information content (AvgIpc) is 2.11. The lowest BCUT2D eigenvalue weighted by molar-refractivity contribution is -0.0365. The summed E-state index contributed by atoms with van der Waals surface area (Å²) in [4.78, 5) is 0. The topological polar surface area (TPSA) is 21.3 Å². The lowest BCUT2D eigenvalue weighted by Gasteiger charge is -2.33. The Hall–Kier alpha value is -0.520. The molecule has 0 saturated heterocycles. The molecule has 0 aromatic carbocycles. The van der Waals surface area contributed by atoms with Crippen molar-refractivity contribution in [1.82, 2.24) is 5.32 Å². The first kappa shape index (κ1) is 13.5. The van der Waals surface area contributed by atoms with Crippen molar-refractivity contribution in [3.8, 4) is 11.8 Å². The summed E-state index contributed by atoms with van der Waals surface area (Å²) < 4.78 is 5.71. The van der Waals surface area contributed by atoms with Crippen LogP contribution in [0.25, 0.3) is 0 Å². The predicted octanol–water partition coefficient (Wildman–Crippen LogP) is 2.19. The quantitative estimate of drug-likeness (QED) is 0.659. The molecule has 0 fully saturated rings. The Morgan fingerprint density at radius 2 is 2.00 bits per heavy atom. The first-order valence-corrected chi connectivity index (χ1v) is 5.35. The summed E-state index contributed by atoms with van der Waals surface area (Å²) in [6, 6.07) is 0.305. The maximum atomic E-state index is 5.71. The molecule has 1 unspecified atom stereocenters. The van der Waals surface area contributed by atoms with Gasteiger partial charge in [-0.15, -0.1) is 11.8 Å². The van der Waals surface area contributed by atoms with Crippen LogP contribution in [0.4, 0.5) is 0 Å². The zero-order valence-corrected chi connectivity index (χ0v) is 10.1. The van der Waals surface area contributed by atoms with Crippen LogP contribution in [0.5, 0.6) is 0 Å². The molecule has 0 aliphatic rings. The molecule has 82 valence electrons. The fourth-order valence-corrected chi connectivity index (χ4v) is 1.49. The monoisotopic (exact) mass is 197 g/mol. The molecule has 0 aliphatic carbocycles. The van der Waals surface area contributed by atoms with Crippen LogP contribution in [0.15, 0.2) is 0 Å². The van der Waals surface area contributed by atoms with Crippen LogP contribution in [-0.4, -0.2) is 24.8 Å². The van der Waals surface area contributed by atoms with Crippen LogP contribution in [0.1, 0.15) is 41.0 Å². The van der Waals surface area contributed by atoms with E-state index in [2.05, 4.69) is 37.9 Å². The molecular formula is C12H23NO. The fourth-order valence-electron chi connectivity index (χ4n) is 1.49. The molecule has 0 bridgehead atoms. The van der Waals surface area contributed by atoms with Gasteiger partial charge in [0, 0.05) is 19.1 Å². The van der Waals surface area contributed by atoms with Crippen molar-refractivity contribution in [3.05, 3.63) is 0 Å². The van der Waals surface area contributed by atoms with Crippen molar-refractivity contribution in [3.63, 3.8) is 0 Å². The Labute approximate surface area is 88.4 Å². The van der Waals surface area contributed by atoms with E-state index in [1.54, 1.807) is 0 Å². The Balaban J connectivity index is 4.33. The van der Waals surface area contributed by atoms with E-state index in [0.717, 1.165) is 19.6 Å². The van der Waals surface area contributed by atoms with Gasteiger partial charge in [0.05, 0.1) is 5.60 Å². The number of ether oxygens (including phenoxy) is 1. The standard InChI is InChI=1S/C12H23NO/c1-6-9-10-11(13-7-2)12(4,5)14-8-3/h11,13H,7-8,10H2,1-5H3. The number of likely N-dealkylation sites (N-methyl/N-ethyl adjacent to an activating group) is 1. The molecular weight excluding hydrogens is 174 g/mol. The van der Waals surface area contributed by atoms with Gasteiger partial charge in [-0.1, -0.05) is 6.92 Å². The van der Waals surface area contributed by atoms with E-state index in [0.29, 0.717) is 6.04 Å². The Kier molecular flexibility index (Phi) is 6.61. The minimum atomic E-state index is -0.144. The zero-order chi connectivity index (χ0) is 11.0. The molecule has 0 spiro atoms. The molecule has 14 heavy (non-hydrogen) atoms. The van der Waals surface area contributed by atoms with Gasteiger partial charge >= 0.3 is 0 Å². The van der Waals surface area contributed by atoms with E-state index in [1.807, 2.05) is 13.8 Å². The van der Waals surface area contributed by atoms with Gasteiger partial charge in [-0.05, 0) is 34.2 Å². The zero-order valence-electron chi connectivity index (χ0n) is 10.1. The van der Waals surface area contributed by atoms with Crippen molar-refractivity contribution in [1.29, 1.82) is 0 Å². The molecule has 0 heterocycles. The summed E-state index contributed by atoms with van der Waals surface area (Å²) in [5.41, 5.74) is -0.144. The van der Waals surface area contributed by atoms with Gasteiger partial charge in [0.2, 0.25) is 0 Å². The first-order chi connectivity index (χ1) is 6.58. The summed E-state index contributed by atoms with van der Waals surface area (Å²) in [6.07, 6.45) is 0.845. The van der Waals surface area contributed by atoms with Crippen LogP contribution in [-0.2, 0) is 4.74 Å². The van der Waals surface area contributed by atoms with Crippen molar-refractivity contribution in [2.24, 2.45) is 0 Å². The maximum Gasteiger partial charge on any atom is 0.0787 e. The molecule has 0 saturated carbocycles. The van der Waals surface area contributed by atoms with E-state index in [-0.39, 0.29) is 5.60 Å². The van der Waals surface area contributed by atoms with Crippen LogP contribution < -0.4 is 5.32 Å². The molecule has 0 aromatic heterocycles. The molecule has 0 radical (unpaired) electrons. The molecule has 2 heteroatoms. The highest BCUT2D eigenvalue weighted by Crippen LogP contribution is 2.17. The number of rotatable bonds is 6. The number of hydrogen-bond acceptors (Lipinski definition) is 2. The van der Waals surface area contributed by atoms with Crippen molar-refractivity contribution < 1.29 is 4.74 Å². The smallest absolute Gasteiger partial charge is 0.0787 e. The maximum absolute atomic E-state index is 5.71. The van der Waals surface area contributed by atoms with Crippen molar-refractivity contribution in [2.45, 2.75) is 52.7 Å². The lowest BCUT2D eigenvalue weighted by Crippen LogP contribution is -2.48. The third-order valence-electron chi connectivity index (χ3n) is 2.29. The van der Waals surface area contributed by atoms with Crippen LogP contribution in [0.2, 0.25) is 0 Å². The highest BCUT2D eigenvalue weighted by Gasteiger charge is 2.28. The second-order valence-corrected chi connectivity index (χ2v) is 3.78. The number of nitrogens with one attached hydrogen (secondary N) is 1. The highest BCUT2D eigenvalue weighted by molar-refractivity contribution is 5.02. The predicted molar refractivity (Wildman–Crippen MR) is 61.2 cm³/mol. The van der Waals surface area contributed by atoms with Crippen LogP contribution in [0, 0.1) is 11.8 Å². The first-order valence-electron chi connectivity index (χ1n) is 5.35. The summed E-state index contributed by atoms with van der Waals surface area (Å²) in [6.45, 7) is 11.9. The highest BCUT2D eigenvalue weighted by atomic mass is 16.5. The second kappa shape index (κ2) is 6.86. The van der Waals surface area contributed by atoms with E-state index in [4.69, 9.17) is 4.74 Å². The van der Waals surface area contributed by atoms with Crippen molar-refractivity contribution >= 4 is 0 Å². The summed E-state index contributed by atoms with van der Waals surface area (Å²) in [7, 11) is 0. The molecule has 0 aromatic rings. The molecule has 0 aliphatic heterocycles. The molecule has 1 N–H and O–H groups in total. The van der Waals surface area contributed by atoms with Crippen LogP contribution >= 0.6 is 0 Å². The SMILES string of the molecule is CC#CCC(NCC)C(C)(C)OCC. The van der Waals surface area contributed by atoms with E-state index >= 15 is 0 Å². The van der Waals surface area contributed by atoms with Gasteiger partial charge in [0.15, 0.2) is 0 Å². The molecule has 2 nitrogen and oxygen atoms in total. The van der Waals surface area contributed by atoms with Gasteiger partial charge in [-0.25, -0.2) is 0 Å². The van der Waals surface area contributed by atoms with Gasteiger partial charge in [-0.2, -0.15) is 0 Å². The van der Waals surface area contributed by atoms with Gasteiger partial charge in [-0.3, -0.25) is 0 Å². The molecule has 0 amide bonds. The Morgan fingerprint density at radius 3 is 2.43 bits per heavy atom. The third-order valence-corrected chi connectivity index (χ3v) is 2.29. The van der Waals surface area contributed by atoms with E-state index in [1.165, 1.54) is 0 Å². The minimum absolute atomic E-state index is 0.144. The summed E-state index contributed by atoms with van der Waals surface area (Å²) in [5, 5.41) is 3.42. The summed E-state index contributed by atoms with van der Waals surface area (Å²) in [5.74, 6) is 6.03. The molecule has 0 rings (SSSR count). The fraction of sp³-hybridized carbons (Fsp3) is 0.833. The number of hydrogen-bond donors (Lipinski definition) is 1. The van der Waals surface area contributed by atoms with Gasteiger partial charge in [0.1, 0.15) is 0 Å². The van der Waals surface area contributed by atoms with E-state index < -0.39 is 0 Å².